The Bertz CT molecular complexity index is 997. The Balaban J connectivity index is 1.68. The molecule has 0 bridgehead atoms. The lowest BCUT2D eigenvalue weighted by Crippen LogP contribution is -2.17. The van der Waals surface area contributed by atoms with Crippen molar-refractivity contribution in [1.82, 2.24) is 9.97 Å². The normalized spacial score (nSPS) is 10.5. The molecular weight excluding hydrogens is 364 g/mol. The number of hydrogen-bond acceptors (Lipinski definition) is 5. The highest BCUT2D eigenvalue weighted by Crippen LogP contribution is 2.18. The summed E-state index contributed by atoms with van der Waals surface area (Å²) in [6, 6.07) is 15.5. The minimum absolute atomic E-state index is 0.256. The maximum atomic E-state index is 12.7. The molecule has 0 saturated heterocycles. The van der Waals surface area contributed by atoms with Gasteiger partial charge in [-0.25, -0.2) is 9.97 Å². The van der Waals surface area contributed by atoms with E-state index in [9.17, 15) is 4.79 Å². The molecule has 2 N–H and O–H groups in total. The van der Waals surface area contributed by atoms with Crippen LogP contribution in [0.15, 0.2) is 48.5 Å². The average Bonchev–Trinajstić information content (AvgIpc) is 2.67. The fraction of sp³-hybridized carbons (Fsp3) is 0.261. The molecule has 1 heterocycles. The third kappa shape index (κ3) is 5.54. The molecule has 29 heavy (non-hydrogen) atoms. The van der Waals surface area contributed by atoms with Gasteiger partial charge in [0.05, 0.1) is 7.11 Å². The lowest BCUT2D eigenvalue weighted by atomic mass is 10.1. The number of nitrogens with one attached hydrogen (secondary N) is 2. The second kappa shape index (κ2) is 9.19. The highest BCUT2D eigenvalue weighted by Gasteiger charge is 2.12. The van der Waals surface area contributed by atoms with Gasteiger partial charge in [0.1, 0.15) is 11.4 Å². The van der Waals surface area contributed by atoms with Crippen molar-refractivity contribution in [3.05, 3.63) is 76.6 Å². The number of amides is 1. The first-order chi connectivity index (χ1) is 13.9. The van der Waals surface area contributed by atoms with Gasteiger partial charge in [0.15, 0.2) is 0 Å². The SMILES string of the molecule is COc1ccccc1CCNc1nc(C)cc(C(=O)Nc2cc(C)cc(C)c2)n1. The summed E-state index contributed by atoms with van der Waals surface area (Å²) >= 11 is 0. The van der Waals surface area contributed by atoms with Crippen molar-refractivity contribution >= 4 is 17.5 Å². The van der Waals surface area contributed by atoms with Crippen molar-refractivity contribution < 1.29 is 9.53 Å². The van der Waals surface area contributed by atoms with Crippen LogP contribution in [0.2, 0.25) is 0 Å². The first kappa shape index (κ1) is 20.3. The largest absolute Gasteiger partial charge is 0.496 e. The molecule has 1 amide bonds. The van der Waals surface area contributed by atoms with E-state index in [0.717, 1.165) is 40.2 Å². The number of rotatable bonds is 7. The fourth-order valence-corrected chi connectivity index (χ4v) is 3.22. The minimum atomic E-state index is -0.256. The number of aromatic nitrogens is 2. The molecule has 0 aliphatic rings. The predicted octanol–water partition coefficient (Wildman–Crippen LogP) is 4.32. The highest BCUT2D eigenvalue weighted by atomic mass is 16.5. The van der Waals surface area contributed by atoms with Gasteiger partial charge >= 0.3 is 0 Å². The van der Waals surface area contributed by atoms with Crippen molar-refractivity contribution in [2.75, 3.05) is 24.3 Å². The monoisotopic (exact) mass is 390 g/mol. The van der Waals surface area contributed by atoms with Crippen LogP contribution in [-0.2, 0) is 6.42 Å². The Morgan fingerprint density at radius 1 is 1.00 bits per heavy atom. The van der Waals surface area contributed by atoms with Crippen LogP contribution >= 0.6 is 0 Å². The van der Waals surface area contributed by atoms with Gasteiger partial charge in [-0.2, -0.15) is 0 Å². The standard InChI is InChI=1S/C23H26N4O2/c1-15-11-16(2)13-19(12-15)26-22(28)20-14-17(3)25-23(27-20)24-10-9-18-7-5-6-8-21(18)29-4/h5-8,11-14H,9-10H2,1-4H3,(H,26,28)(H,24,25,27). The summed E-state index contributed by atoms with van der Waals surface area (Å²) < 4.78 is 5.38. The number of methoxy groups -OCH3 is 1. The number of carbonyl (C=O) groups is 1. The van der Waals surface area contributed by atoms with Crippen molar-refractivity contribution in [1.29, 1.82) is 0 Å². The number of anilines is 2. The van der Waals surface area contributed by atoms with E-state index >= 15 is 0 Å². The van der Waals surface area contributed by atoms with E-state index < -0.39 is 0 Å². The molecule has 0 aliphatic heterocycles. The van der Waals surface area contributed by atoms with Gasteiger partial charge in [-0.05, 0) is 68.1 Å². The maximum Gasteiger partial charge on any atom is 0.274 e. The summed E-state index contributed by atoms with van der Waals surface area (Å²) in [5.41, 5.74) is 5.11. The van der Waals surface area contributed by atoms with Gasteiger partial charge < -0.3 is 15.4 Å². The number of aryl methyl sites for hydroxylation is 3. The molecule has 0 saturated carbocycles. The highest BCUT2D eigenvalue weighted by molar-refractivity contribution is 6.03. The molecule has 150 valence electrons. The number of hydrogen-bond donors (Lipinski definition) is 2. The average molecular weight is 390 g/mol. The van der Waals surface area contributed by atoms with Crippen LogP contribution in [0, 0.1) is 20.8 Å². The molecule has 3 rings (SSSR count). The van der Waals surface area contributed by atoms with E-state index in [2.05, 4.69) is 26.7 Å². The molecule has 0 radical (unpaired) electrons. The Kier molecular flexibility index (Phi) is 6.44. The van der Waals surface area contributed by atoms with E-state index in [1.807, 2.05) is 57.2 Å². The van der Waals surface area contributed by atoms with Gasteiger partial charge in [-0.15, -0.1) is 0 Å². The van der Waals surface area contributed by atoms with E-state index in [0.29, 0.717) is 18.2 Å². The fourth-order valence-electron chi connectivity index (χ4n) is 3.22. The molecule has 0 unspecified atom stereocenters. The third-order valence-corrected chi connectivity index (χ3v) is 4.44. The predicted molar refractivity (Wildman–Crippen MR) is 116 cm³/mol. The number of nitrogens with zero attached hydrogens (tertiary/aromatic N) is 2. The second-order valence-electron chi connectivity index (χ2n) is 7.04. The summed E-state index contributed by atoms with van der Waals surface area (Å²) in [5.74, 6) is 1.03. The summed E-state index contributed by atoms with van der Waals surface area (Å²) in [6.45, 7) is 6.48. The topological polar surface area (TPSA) is 76.1 Å². The van der Waals surface area contributed by atoms with Gasteiger partial charge in [0.2, 0.25) is 5.95 Å². The summed E-state index contributed by atoms with van der Waals surface area (Å²) in [6.07, 6.45) is 0.755. The van der Waals surface area contributed by atoms with Crippen LogP contribution in [0.4, 0.5) is 11.6 Å². The van der Waals surface area contributed by atoms with E-state index in [4.69, 9.17) is 4.74 Å². The maximum absolute atomic E-state index is 12.7. The Morgan fingerprint density at radius 3 is 2.45 bits per heavy atom. The lowest BCUT2D eigenvalue weighted by molar-refractivity contribution is 0.102. The number of benzene rings is 2. The van der Waals surface area contributed by atoms with Gasteiger partial charge in [0, 0.05) is 17.9 Å². The Morgan fingerprint density at radius 2 is 1.72 bits per heavy atom. The molecule has 2 aromatic carbocycles. The van der Waals surface area contributed by atoms with Crippen LogP contribution in [0.5, 0.6) is 5.75 Å². The van der Waals surface area contributed by atoms with Gasteiger partial charge in [0.25, 0.3) is 5.91 Å². The molecule has 1 aromatic heterocycles. The second-order valence-corrected chi connectivity index (χ2v) is 7.04. The molecular formula is C23H26N4O2. The van der Waals surface area contributed by atoms with Gasteiger partial charge in [-0.1, -0.05) is 24.3 Å². The van der Waals surface area contributed by atoms with Crippen molar-refractivity contribution in [2.45, 2.75) is 27.2 Å². The van der Waals surface area contributed by atoms with Gasteiger partial charge in [-0.3, -0.25) is 4.79 Å². The molecule has 0 aliphatic carbocycles. The lowest BCUT2D eigenvalue weighted by Gasteiger charge is -2.11. The quantitative estimate of drug-likeness (QED) is 0.628. The van der Waals surface area contributed by atoms with E-state index in [1.54, 1.807) is 13.2 Å². The van der Waals surface area contributed by atoms with Crippen molar-refractivity contribution in [2.24, 2.45) is 0 Å². The summed E-state index contributed by atoms with van der Waals surface area (Å²) in [7, 11) is 1.66. The summed E-state index contributed by atoms with van der Waals surface area (Å²) in [5, 5.41) is 6.12. The Labute approximate surface area is 171 Å². The van der Waals surface area contributed by atoms with Crippen molar-refractivity contribution in [3.8, 4) is 5.75 Å². The van der Waals surface area contributed by atoms with Crippen LogP contribution < -0.4 is 15.4 Å². The zero-order chi connectivity index (χ0) is 20.8. The number of ether oxygens (including phenoxy) is 1. The van der Waals surface area contributed by atoms with Crippen LogP contribution in [0.25, 0.3) is 0 Å². The first-order valence-electron chi connectivity index (χ1n) is 9.55. The third-order valence-electron chi connectivity index (χ3n) is 4.44. The number of carbonyl (C=O) groups excluding carboxylic acids is 1. The molecule has 0 spiro atoms. The minimum Gasteiger partial charge on any atom is -0.496 e. The van der Waals surface area contributed by atoms with E-state index in [1.165, 1.54) is 0 Å². The van der Waals surface area contributed by atoms with Crippen LogP contribution in [0.1, 0.15) is 32.9 Å². The molecule has 0 atom stereocenters. The molecule has 6 nitrogen and oxygen atoms in total. The number of para-hydroxylation sites is 1. The molecule has 6 heteroatoms. The molecule has 0 fully saturated rings. The van der Waals surface area contributed by atoms with E-state index in [-0.39, 0.29) is 5.91 Å². The Hall–Kier alpha value is -3.41. The zero-order valence-electron chi connectivity index (χ0n) is 17.2. The van der Waals surface area contributed by atoms with Crippen LogP contribution in [0.3, 0.4) is 0 Å². The first-order valence-corrected chi connectivity index (χ1v) is 9.55. The smallest absolute Gasteiger partial charge is 0.274 e. The summed E-state index contributed by atoms with van der Waals surface area (Å²) in [4.78, 5) is 21.4. The zero-order valence-corrected chi connectivity index (χ0v) is 17.2. The van der Waals surface area contributed by atoms with Crippen LogP contribution in [-0.4, -0.2) is 29.5 Å². The molecule has 3 aromatic rings. The van der Waals surface area contributed by atoms with Crippen molar-refractivity contribution in [3.63, 3.8) is 0 Å².